The van der Waals surface area contributed by atoms with Gasteiger partial charge in [-0.1, -0.05) is 22.9 Å². The van der Waals surface area contributed by atoms with E-state index in [0.29, 0.717) is 12.1 Å². The molecule has 0 radical (unpaired) electrons. The molecule has 1 amide bonds. The fourth-order valence-electron chi connectivity index (χ4n) is 2.33. The molecule has 1 aliphatic heterocycles. The van der Waals surface area contributed by atoms with Crippen LogP contribution >= 0.6 is 31.9 Å². The first-order valence-electron chi connectivity index (χ1n) is 6.44. The van der Waals surface area contributed by atoms with E-state index in [1.54, 1.807) is 0 Å². The van der Waals surface area contributed by atoms with Crippen LogP contribution in [0.2, 0.25) is 0 Å². The van der Waals surface area contributed by atoms with Gasteiger partial charge in [-0.2, -0.15) is 0 Å². The first kappa shape index (κ1) is 15.0. The maximum absolute atomic E-state index is 12.2. The summed E-state index contributed by atoms with van der Waals surface area (Å²) in [5.74, 6) is -0.0221. The molecular formula is C14H18Br2N2O. The highest BCUT2D eigenvalue weighted by Crippen LogP contribution is 2.25. The van der Waals surface area contributed by atoms with E-state index in [0.717, 1.165) is 28.5 Å². The van der Waals surface area contributed by atoms with Gasteiger partial charge in [-0.15, -0.1) is 0 Å². The number of nitrogens with one attached hydrogen (secondary N) is 2. The first-order valence-corrected chi connectivity index (χ1v) is 8.03. The molecule has 1 heterocycles. The minimum Gasteiger partial charge on any atom is -0.351 e. The number of rotatable bonds is 3. The SMILES string of the molecule is CC1(CNC(=O)c2ccc(Br)cc2Br)CCCNC1. The number of hydrogen-bond acceptors (Lipinski definition) is 2. The predicted molar refractivity (Wildman–Crippen MR) is 84.4 cm³/mol. The summed E-state index contributed by atoms with van der Waals surface area (Å²) in [5, 5.41) is 6.44. The normalized spacial score (nSPS) is 23.1. The Morgan fingerprint density at radius 3 is 2.89 bits per heavy atom. The van der Waals surface area contributed by atoms with E-state index >= 15 is 0 Å². The third kappa shape index (κ3) is 4.04. The van der Waals surface area contributed by atoms with E-state index in [4.69, 9.17) is 0 Å². The third-order valence-corrected chi connectivity index (χ3v) is 4.69. The second-order valence-corrected chi connectivity index (χ2v) is 7.17. The number of carbonyl (C=O) groups is 1. The van der Waals surface area contributed by atoms with E-state index in [9.17, 15) is 4.79 Å². The van der Waals surface area contributed by atoms with Crippen LogP contribution in [0.4, 0.5) is 0 Å². The Kier molecular flexibility index (Phi) is 5.03. The molecule has 5 heteroatoms. The Hall–Kier alpha value is -0.390. The van der Waals surface area contributed by atoms with Crippen LogP contribution in [0.25, 0.3) is 0 Å². The van der Waals surface area contributed by atoms with Crippen LogP contribution in [0.3, 0.4) is 0 Å². The van der Waals surface area contributed by atoms with Crippen LogP contribution in [0, 0.1) is 5.41 Å². The zero-order chi connectivity index (χ0) is 13.9. The van der Waals surface area contributed by atoms with Crippen molar-refractivity contribution in [2.45, 2.75) is 19.8 Å². The molecule has 1 fully saturated rings. The van der Waals surface area contributed by atoms with Crippen molar-refractivity contribution in [3.05, 3.63) is 32.7 Å². The lowest BCUT2D eigenvalue weighted by Crippen LogP contribution is -2.45. The van der Waals surface area contributed by atoms with Crippen molar-refractivity contribution in [3.63, 3.8) is 0 Å². The molecular weight excluding hydrogens is 372 g/mol. The van der Waals surface area contributed by atoms with Crippen molar-refractivity contribution >= 4 is 37.8 Å². The topological polar surface area (TPSA) is 41.1 Å². The molecule has 2 N–H and O–H groups in total. The molecule has 1 unspecified atom stereocenters. The zero-order valence-corrected chi connectivity index (χ0v) is 14.1. The molecule has 3 nitrogen and oxygen atoms in total. The predicted octanol–water partition coefficient (Wildman–Crippen LogP) is 3.33. The van der Waals surface area contributed by atoms with E-state index < -0.39 is 0 Å². The average Bonchev–Trinajstić information content (AvgIpc) is 2.37. The van der Waals surface area contributed by atoms with E-state index in [1.165, 1.54) is 6.42 Å². The number of halogens is 2. The van der Waals surface area contributed by atoms with Crippen LogP contribution in [-0.4, -0.2) is 25.5 Å². The Balaban J connectivity index is 1.97. The van der Waals surface area contributed by atoms with Gasteiger partial charge in [0, 0.05) is 22.0 Å². The summed E-state index contributed by atoms with van der Waals surface area (Å²) in [6.45, 7) is 4.98. The van der Waals surface area contributed by atoms with Crippen molar-refractivity contribution in [2.75, 3.05) is 19.6 Å². The summed E-state index contributed by atoms with van der Waals surface area (Å²) in [5.41, 5.74) is 0.839. The summed E-state index contributed by atoms with van der Waals surface area (Å²) >= 11 is 6.81. The number of benzene rings is 1. The molecule has 104 valence electrons. The van der Waals surface area contributed by atoms with Gasteiger partial charge in [-0.05, 0) is 58.9 Å². The lowest BCUT2D eigenvalue weighted by atomic mass is 9.83. The van der Waals surface area contributed by atoms with E-state index in [-0.39, 0.29) is 11.3 Å². The molecule has 1 atom stereocenters. The summed E-state index contributed by atoms with van der Waals surface area (Å²) in [6.07, 6.45) is 2.33. The van der Waals surface area contributed by atoms with Crippen LogP contribution in [0.1, 0.15) is 30.1 Å². The highest BCUT2D eigenvalue weighted by molar-refractivity contribution is 9.11. The summed E-state index contributed by atoms with van der Waals surface area (Å²) < 4.78 is 1.77. The number of piperidine rings is 1. The third-order valence-electron chi connectivity index (χ3n) is 3.54. The van der Waals surface area contributed by atoms with Crippen molar-refractivity contribution in [1.82, 2.24) is 10.6 Å². The van der Waals surface area contributed by atoms with Gasteiger partial charge >= 0.3 is 0 Å². The fourth-order valence-corrected chi connectivity index (χ4v) is 3.56. The van der Waals surface area contributed by atoms with Gasteiger partial charge in [0.2, 0.25) is 0 Å². The zero-order valence-electron chi connectivity index (χ0n) is 10.9. The standard InChI is InChI=1S/C14H18Br2N2O/c1-14(5-2-6-17-8-14)9-18-13(19)11-4-3-10(15)7-12(11)16/h3-4,7,17H,2,5-6,8-9H2,1H3,(H,18,19). The minimum atomic E-state index is -0.0221. The van der Waals surface area contributed by atoms with Crippen molar-refractivity contribution < 1.29 is 4.79 Å². The molecule has 19 heavy (non-hydrogen) atoms. The summed E-state index contributed by atoms with van der Waals surface area (Å²) in [6, 6.07) is 5.59. The Bertz CT molecular complexity index is 471. The van der Waals surface area contributed by atoms with Gasteiger partial charge in [0.25, 0.3) is 5.91 Å². The fraction of sp³-hybridized carbons (Fsp3) is 0.500. The van der Waals surface area contributed by atoms with Crippen LogP contribution in [-0.2, 0) is 0 Å². The van der Waals surface area contributed by atoms with E-state index in [2.05, 4.69) is 49.4 Å². The molecule has 0 aliphatic carbocycles. The molecule has 1 aromatic rings. The molecule has 0 aromatic heterocycles. The lowest BCUT2D eigenvalue weighted by Gasteiger charge is -2.34. The van der Waals surface area contributed by atoms with Gasteiger partial charge in [0.15, 0.2) is 0 Å². The lowest BCUT2D eigenvalue weighted by molar-refractivity contribution is 0.0924. The molecule has 2 rings (SSSR count). The summed E-state index contributed by atoms with van der Waals surface area (Å²) in [7, 11) is 0. The van der Waals surface area contributed by atoms with Gasteiger partial charge < -0.3 is 10.6 Å². The Labute approximate surface area is 130 Å². The van der Waals surface area contributed by atoms with Crippen molar-refractivity contribution in [2.24, 2.45) is 5.41 Å². The van der Waals surface area contributed by atoms with Crippen LogP contribution in [0.5, 0.6) is 0 Å². The van der Waals surface area contributed by atoms with Crippen LogP contribution in [0.15, 0.2) is 27.1 Å². The highest BCUT2D eigenvalue weighted by atomic mass is 79.9. The van der Waals surface area contributed by atoms with E-state index in [1.807, 2.05) is 18.2 Å². The average molecular weight is 390 g/mol. The monoisotopic (exact) mass is 388 g/mol. The quantitative estimate of drug-likeness (QED) is 0.832. The second-order valence-electron chi connectivity index (χ2n) is 5.40. The first-order chi connectivity index (χ1) is 9.00. The van der Waals surface area contributed by atoms with Crippen LogP contribution < -0.4 is 10.6 Å². The Morgan fingerprint density at radius 2 is 2.26 bits per heavy atom. The molecule has 1 saturated heterocycles. The molecule has 1 aliphatic rings. The maximum atomic E-state index is 12.2. The minimum absolute atomic E-state index is 0.0221. The van der Waals surface area contributed by atoms with Gasteiger partial charge in [0.1, 0.15) is 0 Å². The Morgan fingerprint density at radius 1 is 1.47 bits per heavy atom. The van der Waals surface area contributed by atoms with Gasteiger partial charge in [0.05, 0.1) is 5.56 Å². The number of amides is 1. The molecule has 1 aromatic carbocycles. The number of carbonyl (C=O) groups excluding carboxylic acids is 1. The maximum Gasteiger partial charge on any atom is 0.252 e. The largest absolute Gasteiger partial charge is 0.351 e. The van der Waals surface area contributed by atoms with Crippen molar-refractivity contribution in [3.8, 4) is 0 Å². The summed E-state index contributed by atoms with van der Waals surface area (Å²) in [4.78, 5) is 12.2. The van der Waals surface area contributed by atoms with Crippen molar-refractivity contribution in [1.29, 1.82) is 0 Å². The second kappa shape index (κ2) is 6.37. The highest BCUT2D eigenvalue weighted by Gasteiger charge is 2.27. The van der Waals surface area contributed by atoms with Gasteiger partial charge in [-0.3, -0.25) is 4.79 Å². The molecule has 0 saturated carbocycles. The van der Waals surface area contributed by atoms with Gasteiger partial charge in [-0.25, -0.2) is 0 Å². The molecule has 0 bridgehead atoms. The smallest absolute Gasteiger partial charge is 0.252 e. The number of hydrogen-bond donors (Lipinski definition) is 2. The molecule has 0 spiro atoms.